The minimum Gasteiger partial charge on any atom is -0.251 e. The minimum absolute atomic E-state index is 0.0924. The van der Waals surface area contributed by atoms with Crippen LogP contribution in [0.4, 0.5) is 0 Å². The summed E-state index contributed by atoms with van der Waals surface area (Å²) in [6.45, 7) is -9.89. The monoisotopic (exact) mass is 212 g/mol. The summed E-state index contributed by atoms with van der Waals surface area (Å²) < 4.78 is 67.1. The van der Waals surface area contributed by atoms with E-state index < -0.39 is 26.1 Å². The van der Waals surface area contributed by atoms with Crippen molar-refractivity contribution in [3.05, 3.63) is 10.8 Å². The van der Waals surface area contributed by atoms with Gasteiger partial charge in [0.15, 0.2) is 0 Å². The van der Waals surface area contributed by atoms with Crippen molar-refractivity contribution in [1.29, 1.82) is 0 Å². The average molecular weight is 213 g/mol. The van der Waals surface area contributed by atoms with E-state index >= 15 is 0 Å². The second-order valence-corrected chi connectivity index (χ2v) is 2.29. The van der Waals surface area contributed by atoms with Crippen LogP contribution in [0, 0.1) is 5.89 Å². The molecule has 0 aliphatic heterocycles. The molecule has 1 rings (SSSR count). The normalized spacial score (nSPS) is 29.1. The van der Waals surface area contributed by atoms with Crippen molar-refractivity contribution in [2.45, 2.75) is 20.2 Å². The Hall–Kier alpha value is -0.380. The van der Waals surface area contributed by atoms with Gasteiger partial charge in [0.1, 0.15) is 4.60 Å². The first-order valence-corrected chi connectivity index (χ1v) is 3.13. The summed E-state index contributed by atoms with van der Waals surface area (Å²) in [7, 11) is 0. The molecule has 1 aromatic rings. The van der Waals surface area contributed by atoms with E-state index in [1.807, 2.05) is 0 Å². The molecular weight excluding hydrogens is 194 g/mol. The maximum atomic E-state index is 7.77. The summed E-state index contributed by atoms with van der Waals surface area (Å²) in [6.07, 6.45) is 0.973. The molecule has 0 amide bonds. The van der Waals surface area contributed by atoms with E-state index in [-0.39, 0.29) is 4.60 Å². The number of hydrogen-bond donors (Lipinski definition) is 0. The molecule has 0 atom stereocenters. The van der Waals surface area contributed by atoms with Crippen LogP contribution in [0.15, 0.2) is 10.8 Å². The Balaban J connectivity index is 3.50. The zero-order valence-electron chi connectivity index (χ0n) is 13.8. The van der Waals surface area contributed by atoms with Crippen LogP contribution in [0.25, 0.3) is 0 Å². The second-order valence-electron chi connectivity index (χ2n) is 1.47. The Morgan fingerprint density at radius 3 is 3.40 bits per heavy atom. The molecule has 3 nitrogen and oxygen atoms in total. The summed E-state index contributed by atoms with van der Waals surface area (Å²) in [6, 6.07) is 0. The molecule has 0 saturated heterocycles. The minimum atomic E-state index is -3.39. The van der Waals surface area contributed by atoms with Gasteiger partial charge in [-0.25, -0.2) is 0 Å². The second kappa shape index (κ2) is 3.14. The Bertz CT molecular complexity index is 447. The highest BCUT2D eigenvalue weighted by molar-refractivity contribution is 9.10. The average Bonchev–Trinajstić information content (AvgIpc) is 2.60. The number of hydrogen-bond acceptors (Lipinski definition) is 2. The number of rotatable bonds is 2. The van der Waals surface area contributed by atoms with Crippen molar-refractivity contribution in [1.82, 2.24) is 15.0 Å². The third-order valence-electron chi connectivity index (χ3n) is 0.692. The lowest BCUT2D eigenvalue weighted by molar-refractivity contribution is 0.472. The summed E-state index contributed by atoms with van der Waals surface area (Å²) >= 11 is 2.89. The third kappa shape index (κ3) is 2.10. The van der Waals surface area contributed by atoms with E-state index in [4.69, 9.17) is 12.3 Å². The molecule has 56 valence electrons. The van der Waals surface area contributed by atoms with Crippen molar-refractivity contribution in [2.75, 3.05) is 0 Å². The quantitative estimate of drug-likeness (QED) is 0.748. The predicted octanol–water partition coefficient (Wildman–Crippen LogP) is 1.70. The Kier molecular flexibility index (Phi) is 0.648. The van der Waals surface area contributed by atoms with Crippen molar-refractivity contribution in [3.8, 4) is 0 Å². The molecule has 0 aliphatic rings. The summed E-state index contributed by atoms with van der Waals surface area (Å²) in [5, 5.41) is 6.70. The summed E-state index contributed by atoms with van der Waals surface area (Å²) in [5.41, 5.74) is 0. The molecule has 0 bridgehead atoms. The largest absolute Gasteiger partial charge is 0.251 e. The molecule has 0 spiro atoms. The zero-order chi connectivity index (χ0) is 15.3. The Morgan fingerprint density at radius 1 is 2.10 bits per heavy atom. The van der Waals surface area contributed by atoms with Gasteiger partial charge in [-0.15, -0.1) is 5.10 Å². The Morgan fingerprint density at radius 2 is 2.90 bits per heavy atom. The first-order valence-electron chi connectivity index (χ1n) is 6.83. The molecule has 0 aromatic carbocycles. The van der Waals surface area contributed by atoms with Gasteiger partial charge in [0, 0.05) is 16.1 Å². The fraction of sp³-hybridized carbons (Fsp3) is 0.667. The molecule has 4 heteroatoms. The number of aromatic nitrogens is 3. The third-order valence-corrected chi connectivity index (χ3v) is 1.06. The lowest BCUT2D eigenvalue weighted by Crippen LogP contribution is -2.04. The highest BCUT2D eigenvalue weighted by atomic mass is 79.9. The maximum absolute atomic E-state index is 7.77. The molecule has 0 unspecified atom stereocenters. The van der Waals surface area contributed by atoms with Crippen LogP contribution in [-0.2, 0) is 6.50 Å². The summed E-state index contributed by atoms with van der Waals surface area (Å²) in [4.78, 5) is 0. The molecular formula is C6H10BrN3. The standard InChI is InChI=1S/C6H10BrN3/c1-5(2)3-10-4-6(7)8-9-10/h4-5H,3H2,1-2H3/i1D3,2D3,3D2,5D. The van der Waals surface area contributed by atoms with E-state index in [0.29, 0.717) is 4.68 Å². The van der Waals surface area contributed by atoms with E-state index in [9.17, 15) is 0 Å². The zero-order valence-corrected chi connectivity index (χ0v) is 6.38. The van der Waals surface area contributed by atoms with Gasteiger partial charge in [-0.2, -0.15) is 0 Å². The summed E-state index contributed by atoms with van der Waals surface area (Å²) in [5.74, 6) is -3.39. The molecule has 0 saturated carbocycles. The topological polar surface area (TPSA) is 30.7 Å². The van der Waals surface area contributed by atoms with Gasteiger partial charge in [-0.3, -0.25) is 4.68 Å². The highest BCUT2D eigenvalue weighted by Gasteiger charge is 1.98. The van der Waals surface area contributed by atoms with Crippen LogP contribution in [0.3, 0.4) is 0 Å². The maximum Gasteiger partial charge on any atom is 0.148 e. The van der Waals surface area contributed by atoms with E-state index in [1.54, 1.807) is 0 Å². The van der Waals surface area contributed by atoms with Crippen LogP contribution >= 0.6 is 15.9 Å². The van der Waals surface area contributed by atoms with Gasteiger partial charge in [0.05, 0.1) is 8.94 Å². The highest BCUT2D eigenvalue weighted by Crippen LogP contribution is 2.03. The van der Waals surface area contributed by atoms with Crippen LogP contribution in [0.1, 0.15) is 26.0 Å². The number of halogens is 1. The smallest absolute Gasteiger partial charge is 0.148 e. The van der Waals surface area contributed by atoms with Gasteiger partial charge >= 0.3 is 0 Å². The lowest BCUT2D eigenvalue weighted by atomic mass is 10.2. The fourth-order valence-corrected chi connectivity index (χ4v) is 0.678. The van der Waals surface area contributed by atoms with Crippen molar-refractivity contribution >= 4 is 15.9 Å². The van der Waals surface area contributed by atoms with Gasteiger partial charge < -0.3 is 0 Å². The molecule has 1 aromatic heterocycles. The van der Waals surface area contributed by atoms with Gasteiger partial charge in [0.2, 0.25) is 0 Å². The van der Waals surface area contributed by atoms with Crippen LogP contribution in [-0.4, -0.2) is 15.0 Å². The Labute approximate surface area is 81.2 Å². The molecule has 0 fully saturated rings. The molecule has 0 aliphatic carbocycles. The molecule has 1 heterocycles. The van der Waals surface area contributed by atoms with Crippen molar-refractivity contribution < 1.29 is 12.3 Å². The van der Waals surface area contributed by atoms with Crippen LogP contribution < -0.4 is 0 Å². The number of nitrogens with zero attached hydrogens (tertiary/aromatic N) is 3. The van der Waals surface area contributed by atoms with E-state index in [0.717, 1.165) is 6.20 Å². The molecule has 10 heavy (non-hydrogen) atoms. The molecule has 0 N–H and O–H groups in total. The van der Waals surface area contributed by atoms with Crippen LogP contribution in [0.5, 0.6) is 0 Å². The van der Waals surface area contributed by atoms with E-state index in [2.05, 4.69) is 26.2 Å². The van der Waals surface area contributed by atoms with E-state index in [1.165, 1.54) is 0 Å². The van der Waals surface area contributed by atoms with Gasteiger partial charge in [0.25, 0.3) is 0 Å². The lowest BCUT2D eigenvalue weighted by Gasteiger charge is -2.01. The SMILES string of the molecule is [2H]C([2H])([2H])C([2H])(C([2H])([2H])[2H])C([2H])([2H])n1cc(Br)nn1. The first kappa shape index (κ1) is 2.06. The van der Waals surface area contributed by atoms with Gasteiger partial charge in [-0.05, 0) is 21.8 Å². The van der Waals surface area contributed by atoms with Crippen LogP contribution in [0.2, 0.25) is 0 Å². The predicted molar refractivity (Wildman–Crippen MR) is 42.6 cm³/mol. The molecule has 0 radical (unpaired) electrons. The first-order chi connectivity index (χ1) is 8.25. The van der Waals surface area contributed by atoms with Crippen molar-refractivity contribution in [2.24, 2.45) is 5.89 Å². The van der Waals surface area contributed by atoms with Gasteiger partial charge in [-0.1, -0.05) is 18.9 Å². The van der Waals surface area contributed by atoms with Crippen molar-refractivity contribution in [3.63, 3.8) is 0 Å². The fourth-order valence-electron chi connectivity index (χ4n) is 0.413.